The van der Waals surface area contributed by atoms with E-state index in [9.17, 15) is 4.79 Å². The molecular weight excluding hydrogens is 212 g/mol. The molecule has 0 spiro atoms. The second-order valence-corrected chi connectivity index (χ2v) is 5.02. The molecule has 1 unspecified atom stereocenters. The van der Waals surface area contributed by atoms with Crippen molar-refractivity contribution >= 4 is 5.91 Å². The minimum atomic E-state index is -0.369. The minimum Gasteiger partial charge on any atom is -0.366 e. The molecule has 3 N–H and O–H groups in total. The highest BCUT2D eigenvalue weighted by Crippen LogP contribution is 2.33. The summed E-state index contributed by atoms with van der Waals surface area (Å²) in [7, 11) is 0. The third-order valence-corrected chi connectivity index (χ3v) is 3.28. The summed E-state index contributed by atoms with van der Waals surface area (Å²) in [5.41, 5.74) is 6.95. The molecule has 0 radical (unpaired) electrons. The van der Waals surface area contributed by atoms with E-state index in [0.29, 0.717) is 11.6 Å². The zero-order valence-corrected chi connectivity index (χ0v) is 10.3. The van der Waals surface area contributed by atoms with E-state index in [1.54, 1.807) is 12.1 Å². The van der Waals surface area contributed by atoms with Crippen molar-refractivity contribution in [1.29, 1.82) is 0 Å². The standard InChI is InChI=1S/C14H20N2O/c1-10(8-11-2-3-11)16-9-12-4-6-13(7-5-12)14(15)17/h4-7,10-11,16H,2-3,8-9H2,1H3,(H2,15,17). The summed E-state index contributed by atoms with van der Waals surface area (Å²) in [6.45, 7) is 3.09. The number of carbonyl (C=O) groups is 1. The summed E-state index contributed by atoms with van der Waals surface area (Å²) in [4.78, 5) is 10.9. The highest BCUT2D eigenvalue weighted by molar-refractivity contribution is 5.92. The fraction of sp³-hybridized carbons (Fsp3) is 0.500. The van der Waals surface area contributed by atoms with Gasteiger partial charge < -0.3 is 11.1 Å². The molecule has 1 amide bonds. The van der Waals surface area contributed by atoms with Crippen molar-refractivity contribution in [3.63, 3.8) is 0 Å². The molecule has 1 fully saturated rings. The Morgan fingerprint density at radius 2 is 2.06 bits per heavy atom. The number of hydrogen-bond donors (Lipinski definition) is 2. The van der Waals surface area contributed by atoms with E-state index < -0.39 is 0 Å². The quantitative estimate of drug-likeness (QED) is 0.788. The Hall–Kier alpha value is -1.35. The largest absolute Gasteiger partial charge is 0.366 e. The Kier molecular flexibility index (Phi) is 3.79. The molecule has 1 aliphatic carbocycles. The van der Waals surface area contributed by atoms with Crippen molar-refractivity contribution in [1.82, 2.24) is 5.32 Å². The normalized spacial score (nSPS) is 16.8. The molecule has 17 heavy (non-hydrogen) atoms. The molecule has 0 saturated heterocycles. The van der Waals surface area contributed by atoms with Gasteiger partial charge in [0.2, 0.25) is 5.91 Å². The van der Waals surface area contributed by atoms with Gasteiger partial charge in [-0.05, 0) is 37.0 Å². The second-order valence-electron chi connectivity index (χ2n) is 5.02. The molecular formula is C14H20N2O. The Morgan fingerprint density at radius 3 is 2.59 bits per heavy atom. The maximum Gasteiger partial charge on any atom is 0.248 e. The average molecular weight is 232 g/mol. The highest BCUT2D eigenvalue weighted by atomic mass is 16.1. The van der Waals surface area contributed by atoms with Crippen LogP contribution >= 0.6 is 0 Å². The van der Waals surface area contributed by atoms with Crippen molar-refractivity contribution < 1.29 is 4.79 Å². The van der Waals surface area contributed by atoms with Gasteiger partial charge in [0.05, 0.1) is 0 Å². The second kappa shape index (κ2) is 5.32. The van der Waals surface area contributed by atoms with Crippen LogP contribution in [-0.2, 0) is 6.54 Å². The zero-order valence-electron chi connectivity index (χ0n) is 10.3. The monoisotopic (exact) mass is 232 g/mol. The first-order valence-electron chi connectivity index (χ1n) is 6.27. The van der Waals surface area contributed by atoms with Gasteiger partial charge >= 0.3 is 0 Å². The van der Waals surface area contributed by atoms with Crippen molar-refractivity contribution in [3.8, 4) is 0 Å². The lowest BCUT2D eigenvalue weighted by Crippen LogP contribution is -2.25. The summed E-state index contributed by atoms with van der Waals surface area (Å²) < 4.78 is 0. The van der Waals surface area contributed by atoms with Gasteiger partial charge in [0.15, 0.2) is 0 Å². The van der Waals surface area contributed by atoms with Crippen molar-refractivity contribution in [2.45, 2.75) is 38.8 Å². The van der Waals surface area contributed by atoms with E-state index in [4.69, 9.17) is 5.73 Å². The summed E-state index contributed by atoms with van der Waals surface area (Å²) in [6, 6.07) is 8.04. The maximum absolute atomic E-state index is 10.9. The van der Waals surface area contributed by atoms with E-state index >= 15 is 0 Å². The Morgan fingerprint density at radius 1 is 1.41 bits per heavy atom. The Balaban J connectivity index is 1.79. The number of rotatable bonds is 6. The number of nitrogens with two attached hydrogens (primary N) is 1. The number of benzene rings is 1. The molecule has 1 saturated carbocycles. The van der Waals surface area contributed by atoms with E-state index in [2.05, 4.69) is 12.2 Å². The van der Waals surface area contributed by atoms with Crippen LogP contribution in [0.3, 0.4) is 0 Å². The summed E-state index contributed by atoms with van der Waals surface area (Å²) >= 11 is 0. The SMILES string of the molecule is CC(CC1CC1)NCc1ccc(C(N)=O)cc1. The summed E-state index contributed by atoms with van der Waals surface area (Å²) in [6.07, 6.45) is 4.08. The fourth-order valence-corrected chi connectivity index (χ4v) is 2.02. The van der Waals surface area contributed by atoms with Gasteiger partial charge in [-0.25, -0.2) is 0 Å². The number of carbonyl (C=O) groups excluding carboxylic acids is 1. The van der Waals surface area contributed by atoms with Gasteiger partial charge in [-0.15, -0.1) is 0 Å². The van der Waals surface area contributed by atoms with E-state index in [-0.39, 0.29) is 5.91 Å². The molecule has 0 aromatic heterocycles. The lowest BCUT2D eigenvalue weighted by Gasteiger charge is -2.13. The molecule has 3 heteroatoms. The van der Waals surface area contributed by atoms with Gasteiger partial charge in [0.1, 0.15) is 0 Å². The van der Waals surface area contributed by atoms with Crippen LogP contribution in [0.2, 0.25) is 0 Å². The molecule has 1 aromatic rings. The van der Waals surface area contributed by atoms with Gasteiger partial charge in [-0.3, -0.25) is 4.79 Å². The summed E-state index contributed by atoms with van der Waals surface area (Å²) in [5.74, 6) is 0.585. The van der Waals surface area contributed by atoms with Crippen molar-refractivity contribution in [2.24, 2.45) is 11.7 Å². The van der Waals surface area contributed by atoms with Crippen LogP contribution in [0.5, 0.6) is 0 Å². The number of amides is 1. The van der Waals surface area contributed by atoms with Crippen LogP contribution in [0, 0.1) is 5.92 Å². The predicted molar refractivity (Wildman–Crippen MR) is 68.6 cm³/mol. The van der Waals surface area contributed by atoms with Crippen molar-refractivity contribution in [3.05, 3.63) is 35.4 Å². The molecule has 0 bridgehead atoms. The Labute approximate surface area is 102 Å². The van der Waals surface area contributed by atoms with Crippen LogP contribution in [0.15, 0.2) is 24.3 Å². The first-order valence-corrected chi connectivity index (χ1v) is 6.27. The highest BCUT2D eigenvalue weighted by Gasteiger charge is 2.23. The maximum atomic E-state index is 10.9. The van der Waals surface area contributed by atoms with E-state index in [1.165, 1.54) is 24.8 Å². The van der Waals surface area contributed by atoms with Crippen LogP contribution in [0.25, 0.3) is 0 Å². The molecule has 2 rings (SSSR count). The van der Waals surface area contributed by atoms with Gasteiger partial charge in [-0.1, -0.05) is 25.0 Å². The van der Waals surface area contributed by atoms with Crippen LogP contribution < -0.4 is 11.1 Å². The van der Waals surface area contributed by atoms with Crippen molar-refractivity contribution in [2.75, 3.05) is 0 Å². The number of nitrogens with one attached hydrogen (secondary N) is 1. The Bertz CT molecular complexity index is 382. The molecule has 1 aliphatic rings. The summed E-state index contributed by atoms with van der Waals surface area (Å²) in [5, 5.41) is 3.50. The van der Waals surface area contributed by atoms with Gasteiger partial charge in [0, 0.05) is 18.2 Å². The number of primary amides is 1. The lowest BCUT2D eigenvalue weighted by molar-refractivity contribution is 0.100. The number of hydrogen-bond acceptors (Lipinski definition) is 2. The zero-order chi connectivity index (χ0) is 12.3. The minimum absolute atomic E-state index is 0.369. The third kappa shape index (κ3) is 3.86. The molecule has 3 nitrogen and oxygen atoms in total. The molecule has 0 aliphatic heterocycles. The van der Waals surface area contributed by atoms with Crippen LogP contribution in [0.4, 0.5) is 0 Å². The third-order valence-electron chi connectivity index (χ3n) is 3.28. The molecule has 0 heterocycles. The van der Waals surface area contributed by atoms with Gasteiger partial charge in [-0.2, -0.15) is 0 Å². The fourth-order valence-electron chi connectivity index (χ4n) is 2.02. The smallest absolute Gasteiger partial charge is 0.248 e. The molecule has 92 valence electrons. The lowest BCUT2D eigenvalue weighted by atomic mass is 10.1. The first kappa shape index (κ1) is 12.1. The van der Waals surface area contributed by atoms with Gasteiger partial charge in [0.25, 0.3) is 0 Å². The first-order chi connectivity index (χ1) is 8.15. The van der Waals surface area contributed by atoms with E-state index in [1.807, 2.05) is 12.1 Å². The van der Waals surface area contributed by atoms with Crippen LogP contribution in [-0.4, -0.2) is 11.9 Å². The molecule has 1 atom stereocenters. The molecule has 1 aromatic carbocycles. The predicted octanol–water partition coefficient (Wildman–Crippen LogP) is 2.06. The average Bonchev–Trinajstić information content (AvgIpc) is 3.11. The van der Waals surface area contributed by atoms with Crippen LogP contribution in [0.1, 0.15) is 42.1 Å². The topological polar surface area (TPSA) is 55.1 Å². The van der Waals surface area contributed by atoms with E-state index in [0.717, 1.165) is 12.5 Å².